The third kappa shape index (κ3) is 3.17. The van der Waals surface area contributed by atoms with Crippen molar-refractivity contribution in [3.63, 3.8) is 0 Å². The van der Waals surface area contributed by atoms with Crippen LogP contribution in [0.1, 0.15) is 15.9 Å². The van der Waals surface area contributed by atoms with Gasteiger partial charge in [0.05, 0.1) is 0 Å². The summed E-state index contributed by atoms with van der Waals surface area (Å²) >= 11 is 0. The number of carbonyl (C=O) groups excluding carboxylic acids is 1. The number of hydrogen-bond donors (Lipinski definition) is 2. The molecule has 0 bridgehead atoms. The molecule has 1 amide bonds. The Bertz CT molecular complexity index is 711. The molecule has 0 radical (unpaired) electrons. The van der Waals surface area contributed by atoms with Gasteiger partial charge < -0.3 is 15.6 Å². The van der Waals surface area contributed by atoms with Gasteiger partial charge in [0.1, 0.15) is 17.2 Å². The second kappa shape index (κ2) is 6.17. The number of rotatable bonds is 5. The minimum absolute atomic E-state index is 0.138. The van der Waals surface area contributed by atoms with Crippen LogP contribution in [0.25, 0.3) is 0 Å². The van der Waals surface area contributed by atoms with Gasteiger partial charge >= 0.3 is 0 Å². The molecular weight excluding hydrogens is 282 g/mol. The van der Waals surface area contributed by atoms with E-state index in [1.54, 1.807) is 36.3 Å². The zero-order valence-electron chi connectivity index (χ0n) is 12.4. The molecule has 3 N–H and O–H groups in total. The molecule has 0 saturated carbocycles. The summed E-state index contributed by atoms with van der Waals surface area (Å²) in [5.74, 6) is 0.533. The number of amides is 1. The van der Waals surface area contributed by atoms with E-state index in [1.807, 2.05) is 6.92 Å². The van der Waals surface area contributed by atoms with Crippen LogP contribution in [0, 0.1) is 6.92 Å². The lowest BCUT2D eigenvalue weighted by Crippen LogP contribution is -2.14. The van der Waals surface area contributed by atoms with Gasteiger partial charge in [-0.3, -0.25) is 9.80 Å². The molecule has 22 heavy (non-hydrogen) atoms. The first kappa shape index (κ1) is 15.4. The molecular formula is C16H17N3O3. The Balaban J connectivity index is 2.52. The zero-order valence-corrected chi connectivity index (χ0v) is 12.4. The van der Waals surface area contributed by atoms with Crippen molar-refractivity contribution in [2.45, 2.75) is 6.92 Å². The quantitative estimate of drug-likeness (QED) is 0.656. The molecule has 0 aliphatic carbocycles. The summed E-state index contributed by atoms with van der Waals surface area (Å²) in [6.45, 7) is 5.32. The van der Waals surface area contributed by atoms with E-state index in [2.05, 4.69) is 11.8 Å². The van der Waals surface area contributed by atoms with Gasteiger partial charge in [0.25, 0.3) is 0 Å². The number of nitrogens with two attached hydrogens (primary N) is 1. The van der Waals surface area contributed by atoms with E-state index in [0.29, 0.717) is 22.7 Å². The number of anilines is 1. The Morgan fingerprint density at radius 3 is 2.50 bits per heavy atom. The normalized spacial score (nSPS) is 10.1. The molecule has 2 rings (SSSR count). The van der Waals surface area contributed by atoms with Gasteiger partial charge in [-0.1, -0.05) is 0 Å². The van der Waals surface area contributed by atoms with Gasteiger partial charge in [-0.15, -0.1) is 0 Å². The van der Waals surface area contributed by atoms with Crippen LogP contribution in [0.3, 0.4) is 0 Å². The molecule has 0 saturated heterocycles. The average molecular weight is 299 g/mol. The maximum atomic E-state index is 11.4. The highest BCUT2D eigenvalue weighted by Crippen LogP contribution is 2.36. The topological polar surface area (TPSA) is 88.2 Å². The first-order valence-corrected chi connectivity index (χ1v) is 6.54. The highest BCUT2D eigenvalue weighted by Gasteiger charge is 2.16. The lowest BCUT2D eigenvalue weighted by Gasteiger charge is -2.20. The number of hydrazone groups is 1. The Morgan fingerprint density at radius 1 is 1.32 bits per heavy atom. The van der Waals surface area contributed by atoms with Gasteiger partial charge in [0.15, 0.2) is 5.75 Å². The van der Waals surface area contributed by atoms with Gasteiger partial charge in [0, 0.05) is 19.3 Å². The van der Waals surface area contributed by atoms with E-state index in [9.17, 15) is 9.90 Å². The smallest absolute Gasteiger partial charge is 0.248 e. The number of carbonyl (C=O) groups is 1. The van der Waals surface area contributed by atoms with E-state index in [4.69, 9.17) is 10.5 Å². The molecule has 0 aliphatic rings. The molecule has 114 valence electrons. The summed E-state index contributed by atoms with van der Waals surface area (Å²) in [6, 6.07) is 9.48. The fraction of sp³-hybridized carbons (Fsp3) is 0.125. The summed E-state index contributed by atoms with van der Waals surface area (Å²) in [6.07, 6.45) is 0. The number of ether oxygens (including phenoxy) is 1. The summed E-state index contributed by atoms with van der Waals surface area (Å²) in [7, 11) is 1.73. The second-order valence-corrected chi connectivity index (χ2v) is 4.77. The second-order valence-electron chi connectivity index (χ2n) is 4.77. The fourth-order valence-corrected chi connectivity index (χ4v) is 2.09. The van der Waals surface area contributed by atoms with Crippen LogP contribution in [0.4, 0.5) is 5.69 Å². The van der Waals surface area contributed by atoms with Crippen LogP contribution in [-0.4, -0.2) is 24.8 Å². The van der Waals surface area contributed by atoms with Crippen molar-refractivity contribution in [3.05, 3.63) is 47.5 Å². The van der Waals surface area contributed by atoms with Crippen molar-refractivity contribution < 1.29 is 14.6 Å². The molecule has 2 aromatic rings. The number of primary amides is 1. The SMILES string of the molecule is C=NN(C)c1c(C)cc(C(N)=O)cc1Oc1ccc(O)cc1. The van der Waals surface area contributed by atoms with Crippen molar-refractivity contribution in [3.8, 4) is 17.2 Å². The van der Waals surface area contributed by atoms with Gasteiger partial charge in [-0.05, 0) is 48.9 Å². The standard InChI is InChI=1S/C16H17N3O3/c1-10-8-11(16(17)21)9-14(15(10)19(3)18-2)22-13-6-4-12(20)5-7-13/h4-9,20H,2H2,1,3H3,(H2,17,21). The number of aromatic hydroxyl groups is 1. The lowest BCUT2D eigenvalue weighted by atomic mass is 10.1. The van der Waals surface area contributed by atoms with Gasteiger partial charge in [-0.25, -0.2) is 0 Å². The average Bonchev–Trinajstić information content (AvgIpc) is 2.48. The number of nitrogens with zero attached hydrogens (tertiary/aromatic N) is 2. The molecule has 0 atom stereocenters. The predicted molar refractivity (Wildman–Crippen MR) is 85.8 cm³/mol. The Labute approximate surface area is 128 Å². The first-order chi connectivity index (χ1) is 10.4. The van der Waals surface area contributed by atoms with Crippen molar-refractivity contribution in [1.82, 2.24) is 0 Å². The highest BCUT2D eigenvalue weighted by atomic mass is 16.5. The van der Waals surface area contributed by atoms with Crippen LogP contribution in [-0.2, 0) is 0 Å². The number of hydrogen-bond acceptors (Lipinski definition) is 5. The largest absolute Gasteiger partial charge is 0.508 e. The number of aryl methyl sites for hydroxylation is 1. The van der Waals surface area contributed by atoms with E-state index in [-0.39, 0.29) is 5.75 Å². The minimum Gasteiger partial charge on any atom is -0.508 e. The third-order valence-corrected chi connectivity index (χ3v) is 3.15. The summed E-state index contributed by atoms with van der Waals surface area (Å²) in [5.41, 5.74) is 7.14. The molecule has 6 nitrogen and oxygen atoms in total. The molecule has 0 spiro atoms. The first-order valence-electron chi connectivity index (χ1n) is 6.54. The van der Waals surface area contributed by atoms with E-state index >= 15 is 0 Å². The Morgan fingerprint density at radius 2 is 1.95 bits per heavy atom. The van der Waals surface area contributed by atoms with Crippen LogP contribution >= 0.6 is 0 Å². The lowest BCUT2D eigenvalue weighted by molar-refractivity contribution is 0.1000. The molecule has 0 heterocycles. The van der Waals surface area contributed by atoms with E-state index in [0.717, 1.165) is 5.56 Å². The number of phenolic OH excluding ortho intramolecular Hbond substituents is 1. The van der Waals surface area contributed by atoms with Crippen molar-refractivity contribution >= 4 is 18.3 Å². The van der Waals surface area contributed by atoms with Crippen molar-refractivity contribution in [2.24, 2.45) is 10.8 Å². The van der Waals surface area contributed by atoms with Crippen LogP contribution < -0.4 is 15.5 Å². The molecule has 0 aliphatic heterocycles. The highest BCUT2D eigenvalue weighted by molar-refractivity contribution is 5.94. The van der Waals surface area contributed by atoms with Crippen LogP contribution in [0.2, 0.25) is 0 Å². The Kier molecular flexibility index (Phi) is 4.31. The zero-order chi connectivity index (χ0) is 16.3. The van der Waals surface area contributed by atoms with E-state index < -0.39 is 5.91 Å². The van der Waals surface area contributed by atoms with Crippen LogP contribution in [0.15, 0.2) is 41.5 Å². The minimum atomic E-state index is -0.542. The summed E-state index contributed by atoms with van der Waals surface area (Å²) in [4.78, 5) is 11.4. The Hall–Kier alpha value is -3.02. The monoisotopic (exact) mass is 299 g/mol. The molecule has 0 aromatic heterocycles. The molecule has 2 aromatic carbocycles. The van der Waals surface area contributed by atoms with Crippen LogP contribution in [0.5, 0.6) is 17.2 Å². The number of benzene rings is 2. The summed E-state index contributed by atoms with van der Waals surface area (Å²) < 4.78 is 5.81. The molecule has 6 heteroatoms. The maximum Gasteiger partial charge on any atom is 0.248 e. The van der Waals surface area contributed by atoms with E-state index in [1.165, 1.54) is 12.1 Å². The van der Waals surface area contributed by atoms with Gasteiger partial charge in [0.2, 0.25) is 5.91 Å². The van der Waals surface area contributed by atoms with Gasteiger partial charge in [-0.2, -0.15) is 5.10 Å². The third-order valence-electron chi connectivity index (χ3n) is 3.15. The molecule has 0 fully saturated rings. The predicted octanol–water partition coefficient (Wildman–Crippen LogP) is 2.64. The van der Waals surface area contributed by atoms with Crippen molar-refractivity contribution in [2.75, 3.05) is 12.1 Å². The fourth-order valence-electron chi connectivity index (χ4n) is 2.09. The van der Waals surface area contributed by atoms with Crippen molar-refractivity contribution in [1.29, 1.82) is 0 Å². The number of phenols is 1. The molecule has 0 unspecified atom stereocenters. The maximum absolute atomic E-state index is 11.4. The summed E-state index contributed by atoms with van der Waals surface area (Å²) in [5, 5.41) is 14.7.